The summed E-state index contributed by atoms with van der Waals surface area (Å²) in [6, 6.07) is 1.95. The third-order valence-corrected chi connectivity index (χ3v) is 4.00. The van der Waals surface area contributed by atoms with Gasteiger partial charge in [0.1, 0.15) is 0 Å². The smallest absolute Gasteiger partial charge is 0.227 e. The van der Waals surface area contributed by atoms with Crippen molar-refractivity contribution in [2.75, 3.05) is 13.1 Å². The van der Waals surface area contributed by atoms with Gasteiger partial charge in [-0.25, -0.2) is 0 Å². The molecule has 2 heterocycles. The highest BCUT2D eigenvalue weighted by Gasteiger charge is 2.14. The van der Waals surface area contributed by atoms with Gasteiger partial charge in [0.25, 0.3) is 0 Å². The van der Waals surface area contributed by atoms with Crippen LogP contribution in [0.25, 0.3) is 11.4 Å². The zero-order chi connectivity index (χ0) is 15.1. The molecule has 0 aromatic carbocycles. The molecule has 0 radical (unpaired) electrons. The molecule has 0 fully saturated rings. The van der Waals surface area contributed by atoms with Crippen molar-refractivity contribution < 1.29 is 9.32 Å². The van der Waals surface area contributed by atoms with E-state index < -0.39 is 0 Å². The Balaban J connectivity index is 1.86. The van der Waals surface area contributed by atoms with Crippen LogP contribution in [-0.2, 0) is 11.2 Å². The van der Waals surface area contributed by atoms with Crippen LogP contribution in [0.1, 0.15) is 39.0 Å². The van der Waals surface area contributed by atoms with Gasteiger partial charge < -0.3 is 9.42 Å². The Morgan fingerprint density at radius 3 is 2.95 bits per heavy atom. The number of aryl methyl sites for hydroxylation is 1. The van der Waals surface area contributed by atoms with Gasteiger partial charge in [-0.2, -0.15) is 16.3 Å². The molecule has 0 unspecified atom stereocenters. The molecule has 0 saturated heterocycles. The van der Waals surface area contributed by atoms with Gasteiger partial charge in [0.15, 0.2) is 0 Å². The summed E-state index contributed by atoms with van der Waals surface area (Å²) < 4.78 is 5.21. The summed E-state index contributed by atoms with van der Waals surface area (Å²) in [6.45, 7) is 5.72. The summed E-state index contributed by atoms with van der Waals surface area (Å²) in [5.74, 6) is 1.27. The molecule has 6 heteroatoms. The molecule has 0 saturated carbocycles. The molecule has 0 N–H and O–H groups in total. The third kappa shape index (κ3) is 4.39. The van der Waals surface area contributed by atoms with Crippen LogP contribution < -0.4 is 0 Å². The van der Waals surface area contributed by atoms with Gasteiger partial charge in [-0.3, -0.25) is 4.79 Å². The van der Waals surface area contributed by atoms with Gasteiger partial charge in [0.2, 0.25) is 17.6 Å². The SMILES string of the molecule is CCCCN(CC)C(=O)CCc1nc(-c2ccsc2)no1. The Morgan fingerprint density at radius 1 is 1.43 bits per heavy atom. The Bertz CT molecular complexity index is 551. The zero-order valence-electron chi connectivity index (χ0n) is 12.5. The fraction of sp³-hybridized carbons (Fsp3) is 0.533. The van der Waals surface area contributed by atoms with Crippen molar-refractivity contribution in [3.05, 3.63) is 22.7 Å². The average Bonchev–Trinajstić information content (AvgIpc) is 3.16. The van der Waals surface area contributed by atoms with Crippen LogP contribution >= 0.6 is 11.3 Å². The Hall–Kier alpha value is -1.69. The molecular formula is C15H21N3O2S. The first kappa shape index (κ1) is 15.7. The number of rotatable bonds is 8. The number of thiophene rings is 1. The molecule has 0 aliphatic rings. The molecule has 0 aliphatic carbocycles. The average molecular weight is 307 g/mol. The van der Waals surface area contributed by atoms with Crippen LogP contribution in [0.4, 0.5) is 0 Å². The lowest BCUT2D eigenvalue weighted by molar-refractivity contribution is -0.131. The van der Waals surface area contributed by atoms with Gasteiger partial charge in [0, 0.05) is 36.9 Å². The normalized spacial score (nSPS) is 10.8. The third-order valence-electron chi connectivity index (χ3n) is 3.32. The van der Waals surface area contributed by atoms with E-state index in [2.05, 4.69) is 17.1 Å². The maximum absolute atomic E-state index is 12.1. The lowest BCUT2D eigenvalue weighted by atomic mass is 10.2. The van der Waals surface area contributed by atoms with Gasteiger partial charge in [0.05, 0.1) is 0 Å². The molecule has 2 aromatic rings. The monoisotopic (exact) mass is 307 g/mol. The lowest BCUT2D eigenvalue weighted by Gasteiger charge is -2.20. The number of nitrogens with zero attached hydrogens (tertiary/aromatic N) is 3. The summed E-state index contributed by atoms with van der Waals surface area (Å²) in [5, 5.41) is 7.90. The quantitative estimate of drug-likeness (QED) is 0.750. The highest BCUT2D eigenvalue weighted by molar-refractivity contribution is 7.08. The number of amides is 1. The van der Waals surface area contributed by atoms with Crippen LogP contribution in [0.5, 0.6) is 0 Å². The van der Waals surface area contributed by atoms with Crippen molar-refractivity contribution in [1.29, 1.82) is 0 Å². The molecular weight excluding hydrogens is 286 g/mol. The van der Waals surface area contributed by atoms with Crippen molar-refractivity contribution >= 4 is 17.2 Å². The highest BCUT2D eigenvalue weighted by Crippen LogP contribution is 2.19. The molecule has 2 rings (SSSR count). The van der Waals surface area contributed by atoms with Gasteiger partial charge in [-0.05, 0) is 24.8 Å². The molecule has 114 valence electrons. The standard InChI is InChI=1S/C15H21N3O2S/c1-3-5-9-18(4-2)14(19)7-6-13-16-15(17-20-13)12-8-10-21-11-12/h8,10-11H,3-7,9H2,1-2H3. The second-order valence-electron chi connectivity index (χ2n) is 4.85. The summed E-state index contributed by atoms with van der Waals surface area (Å²) in [6.07, 6.45) is 3.06. The van der Waals surface area contributed by atoms with E-state index in [0.717, 1.165) is 31.5 Å². The van der Waals surface area contributed by atoms with Crippen molar-refractivity contribution in [1.82, 2.24) is 15.0 Å². The van der Waals surface area contributed by atoms with E-state index in [1.807, 2.05) is 28.7 Å². The Kier molecular flexibility index (Phi) is 5.92. The topological polar surface area (TPSA) is 59.2 Å². The van der Waals surface area contributed by atoms with Crippen molar-refractivity contribution in [2.45, 2.75) is 39.5 Å². The second kappa shape index (κ2) is 7.93. The molecule has 0 bridgehead atoms. The van der Waals surface area contributed by atoms with Gasteiger partial charge >= 0.3 is 0 Å². The van der Waals surface area contributed by atoms with E-state index in [-0.39, 0.29) is 5.91 Å². The number of hydrogen-bond donors (Lipinski definition) is 0. The minimum Gasteiger partial charge on any atom is -0.343 e. The second-order valence-corrected chi connectivity index (χ2v) is 5.63. The largest absolute Gasteiger partial charge is 0.343 e. The molecule has 2 aromatic heterocycles. The van der Waals surface area contributed by atoms with Crippen LogP contribution in [-0.4, -0.2) is 34.0 Å². The molecule has 5 nitrogen and oxygen atoms in total. The van der Waals surface area contributed by atoms with Crippen LogP contribution in [0.15, 0.2) is 21.3 Å². The van der Waals surface area contributed by atoms with E-state index in [0.29, 0.717) is 24.6 Å². The summed E-state index contributed by atoms with van der Waals surface area (Å²) in [4.78, 5) is 18.3. The van der Waals surface area contributed by atoms with E-state index in [1.54, 1.807) is 11.3 Å². The van der Waals surface area contributed by atoms with E-state index in [4.69, 9.17) is 4.52 Å². The van der Waals surface area contributed by atoms with Crippen molar-refractivity contribution in [2.24, 2.45) is 0 Å². The molecule has 1 amide bonds. The van der Waals surface area contributed by atoms with Crippen LogP contribution in [0.3, 0.4) is 0 Å². The predicted octanol–water partition coefficient (Wildman–Crippen LogP) is 3.38. The summed E-state index contributed by atoms with van der Waals surface area (Å²) in [5.41, 5.74) is 0.958. The first-order chi connectivity index (χ1) is 10.2. The number of carbonyl (C=O) groups is 1. The number of carbonyl (C=O) groups excluding carboxylic acids is 1. The Labute approximate surface area is 129 Å². The summed E-state index contributed by atoms with van der Waals surface area (Å²) >= 11 is 1.59. The predicted molar refractivity (Wildman–Crippen MR) is 83.1 cm³/mol. The van der Waals surface area contributed by atoms with Crippen LogP contribution in [0.2, 0.25) is 0 Å². The number of aromatic nitrogens is 2. The van der Waals surface area contributed by atoms with E-state index in [1.165, 1.54) is 0 Å². The number of hydrogen-bond acceptors (Lipinski definition) is 5. The summed E-state index contributed by atoms with van der Waals surface area (Å²) in [7, 11) is 0. The fourth-order valence-corrected chi connectivity index (χ4v) is 2.68. The first-order valence-electron chi connectivity index (χ1n) is 7.37. The molecule has 0 aliphatic heterocycles. The van der Waals surface area contributed by atoms with Crippen molar-refractivity contribution in [3.63, 3.8) is 0 Å². The van der Waals surface area contributed by atoms with Crippen molar-refractivity contribution in [3.8, 4) is 11.4 Å². The fourth-order valence-electron chi connectivity index (χ4n) is 2.05. The lowest BCUT2D eigenvalue weighted by Crippen LogP contribution is -2.31. The van der Waals surface area contributed by atoms with Gasteiger partial charge in [-0.1, -0.05) is 18.5 Å². The minimum absolute atomic E-state index is 0.154. The zero-order valence-corrected chi connectivity index (χ0v) is 13.4. The van der Waals surface area contributed by atoms with E-state index >= 15 is 0 Å². The van der Waals surface area contributed by atoms with Crippen LogP contribution in [0, 0.1) is 0 Å². The highest BCUT2D eigenvalue weighted by atomic mass is 32.1. The van der Waals surface area contributed by atoms with Gasteiger partial charge in [-0.15, -0.1) is 0 Å². The Morgan fingerprint density at radius 2 is 2.29 bits per heavy atom. The van der Waals surface area contributed by atoms with E-state index in [9.17, 15) is 4.79 Å². The minimum atomic E-state index is 0.154. The number of unbranched alkanes of at least 4 members (excludes halogenated alkanes) is 1. The molecule has 21 heavy (non-hydrogen) atoms. The molecule has 0 atom stereocenters. The maximum atomic E-state index is 12.1. The maximum Gasteiger partial charge on any atom is 0.227 e. The molecule has 0 spiro atoms. The first-order valence-corrected chi connectivity index (χ1v) is 8.31.